The first-order chi connectivity index (χ1) is 12.3. The quantitative estimate of drug-likeness (QED) is 0.807. The Bertz CT molecular complexity index is 679. The number of methoxy groups -OCH3 is 1. The van der Waals surface area contributed by atoms with Crippen LogP contribution in [0.15, 0.2) is 18.2 Å². The number of benzene rings is 1. The van der Waals surface area contributed by atoms with Crippen LogP contribution in [0.5, 0.6) is 0 Å². The molecule has 0 unspecified atom stereocenters. The maximum Gasteiger partial charge on any atom is 0.337 e. The molecule has 0 saturated carbocycles. The fourth-order valence-corrected chi connectivity index (χ4v) is 2.95. The van der Waals surface area contributed by atoms with Crippen molar-refractivity contribution in [1.82, 2.24) is 10.2 Å². The van der Waals surface area contributed by atoms with E-state index >= 15 is 0 Å². The van der Waals surface area contributed by atoms with Gasteiger partial charge in [0.2, 0.25) is 5.91 Å². The number of nitrogens with one attached hydrogen (secondary N) is 2. The third kappa shape index (κ3) is 4.97. The van der Waals surface area contributed by atoms with Gasteiger partial charge in [-0.2, -0.15) is 0 Å². The molecule has 1 aromatic rings. The number of aryl methyl sites for hydroxylation is 1. The van der Waals surface area contributed by atoms with Crippen molar-refractivity contribution in [2.24, 2.45) is 5.92 Å². The smallest absolute Gasteiger partial charge is 0.337 e. The van der Waals surface area contributed by atoms with Crippen LogP contribution in [0, 0.1) is 12.8 Å². The van der Waals surface area contributed by atoms with E-state index in [1.807, 2.05) is 25.7 Å². The van der Waals surface area contributed by atoms with E-state index in [4.69, 9.17) is 4.74 Å². The van der Waals surface area contributed by atoms with Crippen LogP contribution in [-0.4, -0.2) is 49.0 Å². The lowest BCUT2D eigenvalue weighted by Gasteiger charge is -2.33. The summed E-state index contributed by atoms with van der Waals surface area (Å²) in [5, 5.41) is 5.73. The molecule has 1 heterocycles. The number of carbonyl (C=O) groups excluding carboxylic acids is 3. The molecule has 0 radical (unpaired) electrons. The largest absolute Gasteiger partial charge is 0.465 e. The number of amides is 3. The highest BCUT2D eigenvalue weighted by Gasteiger charge is 2.25. The van der Waals surface area contributed by atoms with Crippen LogP contribution in [0.2, 0.25) is 0 Å². The lowest BCUT2D eigenvalue weighted by molar-refractivity contribution is -0.135. The number of piperidine rings is 1. The van der Waals surface area contributed by atoms with E-state index < -0.39 is 5.97 Å². The van der Waals surface area contributed by atoms with Gasteiger partial charge in [0.05, 0.1) is 12.7 Å². The van der Waals surface area contributed by atoms with E-state index in [9.17, 15) is 14.4 Å². The van der Waals surface area contributed by atoms with Crippen molar-refractivity contribution in [2.45, 2.75) is 39.7 Å². The number of urea groups is 1. The standard InChI is InChI=1S/C19H27N3O4/c1-12(2)17(23)22-9-7-15(8-10-22)20-19(25)21-16-11-14(18(24)26-4)6-5-13(16)3/h5-6,11-12,15H,7-10H2,1-4H3,(H2,20,21,25). The van der Waals surface area contributed by atoms with Gasteiger partial charge in [-0.3, -0.25) is 4.79 Å². The molecule has 2 N–H and O–H groups in total. The first-order valence-electron chi connectivity index (χ1n) is 8.87. The number of anilines is 1. The Morgan fingerprint density at radius 2 is 1.85 bits per heavy atom. The Labute approximate surface area is 154 Å². The van der Waals surface area contributed by atoms with Crippen LogP contribution in [0.25, 0.3) is 0 Å². The topological polar surface area (TPSA) is 87.7 Å². The number of hydrogen-bond donors (Lipinski definition) is 2. The number of likely N-dealkylation sites (tertiary alicyclic amines) is 1. The molecule has 0 aromatic heterocycles. The molecule has 3 amide bonds. The van der Waals surface area contributed by atoms with E-state index in [0.29, 0.717) is 24.3 Å². The Morgan fingerprint density at radius 3 is 2.42 bits per heavy atom. The van der Waals surface area contributed by atoms with E-state index in [1.54, 1.807) is 18.2 Å². The average Bonchev–Trinajstić information content (AvgIpc) is 2.62. The second-order valence-corrected chi connectivity index (χ2v) is 6.87. The molecule has 142 valence electrons. The van der Waals surface area contributed by atoms with Crippen molar-refractivity contribution in [3.63, 3.8) is 0 Å². The van der Waals surface area contributed by atoms with Crippen molar-refractivity contribution in [3.05, 3.63) is 29.3 Å². The van der Waals surface area contributed by atoms with E-state index in [-0.39, 0.29) is 23.9 Å². The fraction of sp³-hybridized carbons (Fsp3) is 0.526. The highest BCUT2D eigenvalue weighted by atomic mass is 16.5. The highest BCUT2D eigenvalue weighted by Crippen LogP contribution is 2.18. The molecule has 7 nitrogen and oxygen atoms in total. The summed E-state index contributed by atoms with van der Waals surface area (Å²) < 4.78 is 4.70. The van der Waals surface area contributed by atoms with E-state index in [0.717, 1.165) is 18.4 Å². The molecule has 0 atom stereocenters. The minimum atomic E-state index is -0.448. The zero-order valence-corrected chi connectivity index (χ0v) is 15.8. The monoisotopic (exact) mass is 361 g/mol. The molecule has 0 aliphatic carbocycles. The van der Waals surface area contributed by atoms with Crippen molar-refractivity contribution >= 4 is 23.6 Å². The number of rotatable bonds is 4. The van der Waals surface area contributed by atoms with Gasteiger partial charge in [0, 0.05) is 30.7 Å². The summed E-state index contributed by atoms with van der Waals surface area (Å²) in [6, 6.07) is 4.73. The van der Waals surface area contributed by atoms with Gasteiger partial charge in [0.1, 0.15) is 0 Å². The number of nitrogens with zero attached hydrogens (tertiary/aromatic N) is 1. The molecule has 1 saturated heterocycles. The fourth-order valence-electron chi connectivity index (χ4n) is 2.95. The van der Waals surface area contributed by atoms with Gasteiger partial charge < -0.3 is 20.3 Å². The molecular weight excluding hydrogens is 334 g/mol. The van der Waals surface area contributed by atoms with Crippen molar-refractivity contribution < 1.29 is 19.1 Å². The Kier molecular flexibility index (Phi) is 6.60. The molecule has 26 heavy (non-hydrogen) atoms. The van der Waals surface area contributed by atoms with Gasteiger partial charge >= 0.3 is 12.0 Å². The predicted molar refractivity (Wildman–Crippen MR) is 99.1 cm³/mol. The van der Waals surface area contributed by atoms with Gasteiger partial charge in [0.25, 0.3) is 0 Å². The van der Waals surface area contributed by atoms with Gasteiger partial charge in [0.15, 0.2) is 0 Å². The van der Waals surface area contributed by atoms with Crippen LogP contribution in [0.3, 0.4) is 0 Å². The molecule has 0 bridgehead atoms. The summed E-state index contributed by atoms with van der Waals surface area (Å²) in [6.07, 6.45) is 1.46. The first-order valence-corrected chi connectivity index (χ1v) is 8.87. The zero-order valence-electron chi connectivity index (χ0n) is 15.8. The van der Waals surface area contributed by atoms with Crippen LogP contribution >= 0.6 is 0 Å². The third-order valence-corrected chi connectivity index (χ3v) is 4.54. The molecule has 1 aliphatic heterocycles. The lowest BCUT2D eigenvalue weighted by Crippen LogP contribution is -2.48. The summed E-state index contributed by atoms with van der Waals surface area (Å²) in [7, 11) is 1.32. The summed E-state index contributed by atoms with van der Waals surface area (Å²) in [4.78, 5) is 37.8. The number of esters is 1. The molecule has 1 aliphatic rings. The third-order valence-electron chi connectivity index (χ3n) is 4.54. The number of hydrogen-bond acceptors (Lipinski definition) is 4. The SMILES string of the molecule is COC(=O)c1ccc(C)c(NC(=O)NC2CCN(C(=O)C(C)C)CC2)c1. The van der Waals surface area contributed by atoms with Crippen molar-refractivity contribution in [3.8, 4) is 0 Å². The molecule has 1 aromatic carbocycles. The summed E-state index contributed by atoms with van der Waals surface area (Å²) in [5.41, 5.74) is 1.80. The molecule has 7 heteroatoms. The summed E-state index contributed by atoms with van der Waals surface area (Å²) >= 11 is 0. The summed E-state index contributed by atoms with van der Waals surface area (Å²) in [5.74, 6) is -0.299. The zero-order chi connectivity index (χ0) is 19.3. The van der Waals surface area contributed by atoms with Gasteiger partial charge in [-0.15, -0.1) is 0 Å². The second kappa shape index (κ2) is 8.69. The molecule has 0 spiro atoms. The summed E-state index contributed by atoms with van der Waals surface area (Å²) in [6.45, 7) is 6.94. The van der Waals surface area contributed by atoms with Crippen LogP contribution in [0.4, 0.5) is 10.5 Å². The average molecular weight is 361 g/mol. The van der Waals surface area contributed by atoms with Gasteiger partial charge in [-0.1, -0.05) is 19.9 Å². The first kappa shape index (κ1) is 19.8. The Hall–Kier alpha value is -2.57. The number of ether oxygens (including phenoxy) is 1. The predicted octanol–water partition coefficient (Wildman–Crippen LogP) is 2.55. The Morgan fingerprint density at radius 1 is 1.19 bits per heavy atom. The minimum Gasteiger partial charge on any atom is -0.465 e. The van der Waals surface area contributed by atoms with Crippen molar-refractivity contribution in [1.29, 1.82) is 0 Å². The number of carbonyl (C=O) groups is 3. The van der Waals surface area contributed by atoms with Crippen molar-refractivity contribution in [2.75, 3.05) is 25.5 Å². The van der Waals surface area contributed by atoms with Crippen LogP contribution in [-0.2, 0) is 9.53 Å². The maximum absolute atomic E-state index is 12.3. The molecular formula is C19H27N3O4. The normalized spacial score (nSPS) is 14.9. The van der Waals surface area contributed by atoms with Gasteiger partial charge in [-0.05, 0) is 37.5 Å². The van der Waals surface area contributed by atoms with E-state index in [1.165, 1.54) is 7.11 Å². The Balaban J connectivity index is 1.90. The maximum atomic E-state index is 12.3. The van der Waals surface area contributed by atoms with E-state index in [2.05, 4.69) is 10.6 Å². The lowest BCUT2D eigenvalue weighted by atomic mass is 10.0. The van der Waals surface area contributed by atoms with Crippen LogP contribution < -0.4 is 10.6 Å². The van der Waals surface area contributed by atoms with Crippen LogP contribution in [0.1, 0.15) is 42.6 Å². The second-order valence-electron chi connectivity index (χ2n) is 6.87. The highest BCUT2D eigenvalue weighted by molar-refractivity contribution is 5.94. The molecule has 2 rings (SSSR count). The van der Waals surface area contributed by atoms with Gasteiger partial charge in [-0.25, -0.2) is 9.59 Å². The molecule has 1 fully saturated rings. The minimum absolute atomic E-state index is 0.00660.